The van der Waals surface area contributed by atoms with Crippen LogP contribution in [0.3, 0.4) is 0 Å². The average molecular weight is 351 g/mol. The summed E-state index contributed by atoms with van der Waals surface area (Å²) in [7, 11) is -3.63. The van der Waals surface area contributed by atoms with E-state index in [4.69, 9.17) is 0 Å². The van der Waals surface area contributed by atoms with Crippen molar-refractivity contribution in [3.63, 3.8) is 0 Å². The van der Waals surface area contributed by atoms with Crippen LogP contribution in [0.4, 0.5) is 5.69 Å². The fourth-order valence-corrected chi connectivity index (χ4v) is 5.42. The summed E-state index contributed by atoms with van der Waals surface area (Å²) in [5.74, 6) is -0.295. The molecule has 1 fully saturated rings. The zero-order valence-electron chi connectivity index (χ0n) is 12.4. The van der Waals surface area contributed by atoms with Crippen molar-refractivity contribution in [2.24, 2.45) is 0 Å². The molecule has 2 aromatic heterocycles. The third-order valence-electron chi connectivity index (χ3n) is 3.76. The normalized spacial score (nSPS) is 19.4. The summed E-state index contributed by atoms with van der Waals surface area (Å²) in [4.78, 5) is 16.5. The Balaban J connectivity index is 1.83. The van der Waals surface area contributed by atoms with Gasteiger partial charge in [0.15, 0.2) is 0 Å². The minimum atomic E-state index is -3.63. The lowest BCUT2D eigenvalue weighted by molar-refractivity contribution is -0.120. The monoisotopic (exact) mass is 351 g/mol. The maximum atomic E-state index is 12.8. The number of nitrogens with zero attached hydrogens (tertiary/aromatic N) is 2. The number of aromatic nitrogens is 1. The molecule has 0 saturated carbocycles. The summed E-state index contributed by atoms with van der Waals surface area (Å²) >= 11 is 1.17. The third kappa shape index (κ3) is 3.44. The Morgan fingerprint density at radius 3 is 2.74 bits per heavy atom. The van der Waals surface area contributed by atoms with Crippen LogP contribution < -0.4 is 5.32 Å². The molecular weight excluding hydrogens is 334 g/mol. The van der Waals surface area contributed by atoms with Gasteiger partial charge in [0.25, 0.3) is 10.0 Å². The Kier molecular flexibility index (Phi) is 4.74. The number of amides is 1. The first-order valence-electron chi connectivity index (χ1n) is 7.35. The Labute approximate surface area is 139 Å². The first-order valence-corrected chi connectivity index (χ1v) is 9.67. The zero-order chi connectivity index (χ0) is 16.3. The number of sulfonamides is 1. The second-order valence-electron chi connectivity index (χ2n) is 5.28. The number of nitrogens with one attached hydrogen (secondary N) is 1. The molecular formula is C15H17N3O3S2. The molecule has 1 N–H and O–H groups in total. The van der Waals surface area contributed by atoms with Gasteiger partial charge in [-0.2, -0.15) is 4.31 Å². The number of thiophene rings is 1. The second kappa shape index (κ2) is 6.77. The van der Waals surface area contributed by atoms with Crippen LogP contribution in [0.25, 0.3) is 0 Å². The molecule has 1 aliphatic heterocycles. The van der Waals surface area contributed by atoms with E-state index >= 15 is 0 Å². The van der Waals surface area contributed by atoms with E-state index in [1.807, 2.05) is 0 Å². The lowest BCUT2D eigenvalue weighted by Gasteiger charge is -2.33. The Bertz CT molecular complexity index is 761. The first kappa shape index (κ1) is 16.1. The molecule has 1 aliphatic rings. The average Bonchev–Trinajstić information content (AvgIpc) is 3.11. The number of rotatable bonds is 4. The molecule has 0 bridgehead atoms. The predicted molar refractivity (Wildman–Crippen MR) is 88.7 cm³/mol. The van der Waals surface area contributed by atoms with Crippen LogP contribution in [0, 0.1) is 0 Å². The molecule has 0 aromatic carbocycles. The van der Waals surface area contributed by atoms with Gasteiger partial charge >= 0.3 is 0 Å². The summed E-state index contributed by atoms with van der Waals surface area (Å²) in [5.41, 5.74) is 0.615. The van der Waals surface area contributed by atoms with Crippen molar-refractivity contribution in [1.82, 2.24) is 9.29 Å². The largest absolute Gasteiger partial charge is 0.325 e. The van der Waals surface area contributed by atoms with Crippen molar-refractivity contribution in [3.05, 3.63) is 42.0 Å². The minimum Gasteiger partial charge on any atom is -0.325 e. The zero-order valence-corrected chi connectivity index (χ0v) is 14.0. The topological polar surface area (TPSA) is 79.4 Å². The molecule has 1 amide bonds. The quantitative estimate of drug-likeness (QED) is 0.917. The van der Waals surface area contributed by atoms with E-state index in [2.05, 4.69) is 10.3 Å². The minimum absolute atomic E-state index is 0.279. The first-order chi connectivity index (χ1) is 11.1. The van der Waals surface area contributed by atoms with E-state index in [-0.39, 0.29) is 10.1 Å². The lowest BCUT2D eigenvalue weighted by atomic mass is 10.0. The summed E-state index contributed by atoms with van der Waals surface area (Å²) in [6, 6.07) is 5.96. The van der Waals surface area contributed by atoms with Crippen LogP contribution in [0.2, 0.25) is 0 Å². The molecule has 1 unspecified atom stereocenters. The Hall–Kier alpha value is -1.77. The van der Waals surface area contributed by atoms with E-state index in [0.29, 0.717) is 18.7 Å². The molecule has 1 saturated heterocycles. The molecule has 8 heteroatoms. The fourth-order valence-electron chi connectivity index (χ4n) is 2.64. The van der Waals surface area contributed by atoms with Gasteiger partial charge in [-0.3, -0.25) is 9.78 Å². The van der Waals surface area contributed by atoms with Crippen LogP contribution in [-0.4, -0.2) is 36.2 Å². The molecule has 1 atom stereocenters. The number of hydrogen-bond acceptors (Lipinski definition) is 5. The summed E-state index contributed by atoms with van der Waals surface area (Å²) in [6.07, 6.45) is 5.29. The van der Waals surface area contributed by atoms with Gasteiger partial charge in [0.05, 0.1) is 0 Å². The van der Waals surface area contributed by atoms with E-state index in [9.17, 15) is 13.2 Å². The molecule has 3 rings (SSSR count). The Morgan fingerprint density at radius 2 is 2.04 bits per heavy atom. The number of carbonyl (C=O) groups excluding carboxylic acids is 1. The Morgan fingerprint density at radius 1 is 1.26 bits per heavy atom. The lowest BCUT2D eigenvalue weighted by Crippen LogP contribution is -2.49. The summed E-state index contributed by atoms with van der Waals surface area (Å²) in [6.45, 7) is 0.370. The van der Waals surface area contributed by atoms with Gasteiger partial charge in [-0.25, -0.2) is 8.42 Å². The number of piperidine rings is 1. The highest BCUT2D eigenvalue weighted by molar-refractivity contribution is 7.91. The van der Waals surface area contributed by atoms with Gasteiger partial charge in [0.1, 0.15) is 10.3 Å². The standard InChI is InChI=1S/C15H17N3O3S2/c19-15(17-12-6-8-16-9-7-12)13-4-1-2-10-18(13)23(20,21)14-5-3-11-22-14/h3,5-9,11,13H,1-2,4,10H2,(H,16,17,19). The predicted octanol–water partition coefficient (Wildman–Crippen LogP) is 2.33. The molecule has 3 heterocycles. The van der Waals surface area contributed by atoms with E-state index < -0.39 is 16.1 Å². The van der Waals surface area contributed by atoms with Crippen LogP contribution in [-0.2, 0) is 14.8 Å². The van der Waals surface area contributed by atoms with Crippen molar-refractivity contribution in [2.75, 3.05) is 11.9 Å². The SMILES string of the molecule is O=C(Nc1ccncc1)C1CCCCN1S(=O)(=O)c1cccs1. The van der Waals surface area contributed by atoms with Crippen LogP contribution >= 0.6 is 11.3 Å². The van der Waals surface area contributed by atoms with Crippen molar-refractivity contribution < 1.29 is 13.2 Å². The van der Waals surface area contributed by atoms with E-state index in [0.717, 1.165) is 12.8 Å². The second-order valence-corrected chi connectivity index (χ2v) is 8.35. The van der Waals surface area contributed by atoms with Gasteiger partial charge < -0.3 is 5.32 Å². The molecule has 0 spiro atoms. The van der Waals surface area contributed by atoms with E-state index in [1.165, 1.54) is 15.6 Å². The third-order valence-corrected chi connectivity index (χ3v) is 7.04. The number of carbonyl (C=O) groups is 1. The van der Waals surface area contributed by atoms with Crippen LogP contribution in [0.15, 0.2) is 46.2 Å². The summed E-state index contributed by atoms with van der Waals surface area (Å²) < 4.78 is 27.1. The smallest absolute Gasteiger partial charge is 0.253 e. The van der Waals surface area contributed by atoms with Crippen molar-refractivity contribution in [3.8, 4) is 0 Å². The van der Waals surface area contributed by atoms with Gasteiger partial charge in [-0.1, -0.05) is 12.5 Å². The number of anilines is 1. The fraction of sp³-hybridized carbons (Fsp3) is 0.333. The van der Waals surface area contributed by atoms with Gasteiger partial charge in [0.2, 0.25) is 5.91 Å². The highest BCUT2D eigenvalue weighted by Crippen LogP contribution is 2.28. The summed E-state index contributed by atoms with van der Waals surface area (Å²) in [5, 5.41) is 4.50. The molecule has 2 aromatic rings. The van der Waals surface area contributed by atoms with Gasteiger partial charge in [-0.15, -0.1) is 11.3 Å². The van der Waals surface area contributed by atoms with Gasteiger partial charge in [0, 0.05) is 24.6 Å². The molecule has 0 aliphatic carbocycles. The van der Waals surface area contributed by atoms with Crippen molar-refractivity contribution >= 4 is 33.0 Å². The highest BCUT2D eigenvalue weighted by Gasteiger charge is 2.38. The number of hydrogen-bond donors (Lipinski definition) is 1. The molecule has 0 radical (unpaired) electrons. The number of pyridine rings is 1. The maximum Gasteiger partial charge on any atom is 0.253 e. The van der Waals surface area contributed by atoms with Crippen molar-refractivity contribution in [2.45, 2.75) is 29.5 Å². The molecule has 122 valence electrons. The highest BCUT2D eigenvalue weighted by atomic mass is 32.2. The van der Waals surface area contributed by atoms with Crippen LogP contribution in [0.1, 0.15) is 19.3 Å². The molecule has 23 heavy (non-hydrogen) atoms. The van der Waals surface area contributed by atoms with Crippen molar-refractivity contribution in [1.29, 1.82) is 0 Å². The maximum absolute atomic E-state index is 12.8. The van der Waals surface area contributed by atoms with Crippen LogP contribution in [0.5, 0.6) is 0 Å². The van der Waals surface area contributed by atoms with Gasteiger partial charge in [-0.05, 0) is 36.4 Å². The molecule has 6 nitrogen and oxygen atoms in total. The van der Waals surface area contributed by atoms with E-state index in [1.54, 1.807) is 42.0 Å².